The van der Waals surface area contributed by atoms with Gasteiger partial charge < -0.3 is 4.74 Å². The van der Waals surface area contributed by atoms with Crippen molar-refractivity contribution in [3.05, 3.63) is 66.3 Å². The van der Waals surface area contributed by atoms with Crippen LogP contribution in [0.25, 0.3) is 0 Å². The van der Waals surface area contributed by atoms with Crippen molar-refractivity contribution in [2.45, 2.75) is 6.61 Å². The Labute approximate surface area is 137 Å². The summed E-state index contributed by atoms with van der Waals surface area (Å²) in [6, 6.07) is 6.82. The largest absolute Gasteiger partial charge is 0.488 e. The Morgan fingerprint density at radius 2 is 1.95 bits per heavy atom. The quantitative estimate of drug-likeness (QED) is 0.397. The lowest BCUT2D eigenvalue weighted by molar-refractivity contribution is -0.384. The molecule has 0 bridgehead atoms. The molecule has 2 aromatic carbocycles. The average Bonchev–Trinajstić information content (AvgIpc) is 2.42. The minimum absolute atomic E-state index is 0.0255. The Kier molecular flexibility index (Phi) is 5.03. The number of benzene rings is 2. The van der Waals surface area contributed by atoms with E-state index in [-0.39, 0.29) is 28.1 Å². The van der Waals surface area contributed by atoms with E-state index in [4.69, 9.17) is 27.9 Å². The predicted octanol–water partition coefficient (Wildman–Crippen LogP) is 5.38. The zero-order valence-corrected chi connectivity index (χ0v) is 13.4. The number of nitro benzene ring substituents is 1. The maximum absolute atomic E-state index is 13.4. The van der Waals surface area contributed by atoms with Gasteiger partial charge in [-0.2, -0.15) is 0 Å². The zero-order valence-electron chi connectivity index (χ0n) is 10.3. The van der Waals surface area contributed by atoms with Crippen molar-refractivity contribution in [1.82, 2.24) is 0 Å². The molecule has 0 aliphatic rings. The normalized spacial score (nSPS) is 10.5. The summed E-state index contributed by atoms with van der Waals surface area (Å²) < 4.78 is 19.3. The van der Waals surface area contributed by atoms with Crippen LogP contribution in [-0.2, 0) is 6.61 Å². The molecule has 0 saturated carbocycles. The number of hydrogen-bond acceptors (Lipinski definition) is 3. The molecule has 21 heavy (non-hydrogen) atoms. The van der Waals surface area contributed by atoms with Crippen molar-refractivity contribution in [2.75, 3.05) is 0 Å². The molecule has 0 heterocycles. The average molecular weight is 395 g/mol. The van der Waals surface area contributed by atoms with Gasteiger partial charge in [-0.15, -0.1) is 0 Å². The Morgan fingerprint density at radius 3 is 2.62 bits per heavy atom. The van der Waals surface area contributed by atoms with Crippen LogP contribution in [0.15, 0.2) is 34.8 Å². The highest BCUT2D eigenvalue weighted by atomic mass is 79.9. The third-order valence-electron chi connectivity index (χ3n) is 2.58. The van der Waals surface area contributed by atoms with Crippen molar-refractivity contribution in [3.63, 3.8) is 0 Å². The van der Waals surface area contributed by atoms with Crippen molar-refractivity contribution >= 4 is 44.8 Å². The van der Waals surface area contributed by atoms with Crippen LogP contribution in [0.5, 0.6) is 5.75 Å². The molecule has 8 heteroatoms. The summed E-state index contributed by atoms with van der Waals surface area (Å²) in [5.41, 5.74) is 0.326. The van der Waals surface area contributed by atoms with E-state index in [1.807, 2.05) is 0 Å². The Hall–Kier alpha value is -1.37. The number of hydrogen-bond donors (Lipinski definition) is 0. The molecule has 0 fully saturated rings. The van der Waals surface area contributed by atoms with E-state index in [0.29, 0.717) is 10.0 Å². The Balaban J connectivity index is 2.19. The van der Waals surface area contributed by atoms with Gasteiger partial charge in [0.1, 0.15) is 23.2 Å². The molecule has 110 valence electrons. The van der Waals surface area contributed by atoms with Crippen molar-refractivity contribution < 1.29 is 14.1 Å². The topological polar surface area (TPSA) is 52.4 Å². The summed E-state index contributed by atoms with van der Waals surface area (Å²) in [4.78, 5) is 10.2. The van der Waals surface area contributed by atoms with Gasteiger partial charge in [-0.25, -0.2) is 4.39 Å². The van der Waals surface area contributed by atoms with Gasteiger partial charge >= 0.3 is 0 Å². The fourth-order valence-corrected chi connectivity index (χ4v) is 2.50. The molecule has 0 amide bonds. The Bertz CT molecular complexity index is 712. The van der Waals surface area contributed by atoms with Gasteiger partial charge in [-0.05, 0) is 33.6 Å². The van der Waals surface area contributed by atoms with E-state index in [9.17, 15) is 14.5 Å². The van der Waals surface area contributed by atoms with Crippen LogP contribution >= 0.6 is 39.1 Å². The smallest absolute Gasteiger partial charge is 0.288 e. The third-order valence-corrected chi connectivity index (χ3v) is 3.81. The van der Waals surface area contributed by atoms with Crippen molar-refractivity contribution in [3.8, 4) is 5.75 Å². The van der Waals surface area contributed by atoms with Gasteiger partial charge in [0.2, 0.25) is 0 Å². The van der Waals surface area contributed by atoms with E-state index < -0.39 is 10.7 Å². The maximum atomic E-state index is 13.4. The fraction of sp³-hybridized carbons (Fsp3) is 0.0769. The first-order valence-corrected chi connectivity index (χ1v) is 7.13. The van der Waals surface area contributed by atoms with E-state index >= 15 is 0 Å². The molecule has 0 aliphatic carbocycles. The lowest BCUT2D eigenvalue weighted by atomic mass is 10.2. The van der Waals surface area contributed by atoms with E-state index in [1.54, 1.807) is 6.07 Å². The first kappa shape index (κ1) is 16.0. The van der Waals surface area contributed by atoms with Crippen LogP contribution in [0.1, 0.15) is 5.56 Å². The summed E-state index contributed by atoms with van der Waals surface area (Å²) in [6.07, 6.45) is 0. The monoisotopic (exact) mass is 393 g/mol. The van der Waals surface area contributed by atoms with Crippen molar-refractivity contribution in [2.24, 2.45) is 0 Å². The van der Waals surface area contributed by atoms with Crippen LogP contribution < -0.4 is 4.74 Å². The summed E-state index contributed by atoms with van der Waals surface area (Å²) in [7, 11) is 0. The molecule has 0 N–H and O–H groups in total. The highest BCUT2D eigenvalue weighted by Gasteiger charge is 2.14. The molecule has 4 nitrogen and oxygen atoms in total. The second kappa shape index (κ2) is 6.60. The molecular formula is C13H7BrCl2FNO3. The lowest BCUT2D eigenvalue weighted by Crippen LogP contribution is -1.98. The molecular weight excluding hydrogens is 388 g/mol. The summed E-state index contributed by atoms with van der Waals surface area (Å²) in [5.74, 6) is -0.369. The fourth-order valence-electron chi connectivity index (χ4n) is 1.56. The van der Waals surface area contributed by atoms with E-state index in [0.717, 1.165) is 6.07 Å². The van der Waals surface area contributed by atoms with E-state index in [2.05, 4.69) is 15.9 Å². The number of rotatable bonds is 4. The molecule has 2 rings (SSSR count). The van der Waals surface area contributed by atoms with Gasteiger partial charge in [0, 0.05) is 12.1 Å². The molecule has 0 unspecified atom stereocenters. The third kappa shape index (κ3) is 3.84. The minimum Gasteiger partial charge on any atom is -0.488 e. The highest BCUT2D eigenvalue weighted by Crippen LogP contribution is 2.31. The SMILES string of the molecule is O=[N+]([O-])c1cc(COc2cc(F)c(Cl)cc2Br)ccc1Cl. The molecule has 0 aliphatic heterocycles. The number of nitro groups is 1. The maximum Gasteiger partial charge on any atom is 0.288 e. The van der Waals surface area contributed by atoms with Gasteiger partial charge in [0.15, 0.2) is 0 Å². The second-order valence-corrected chi connectivity index (χ2v) is 5.70. The van der Waals surface area contributed by atoms with Crippen molar-refractivity contribution in [1.29, 1.82) is 0 Å². The summed E-state index contributed by atoms with van der Waals surface area (Å²) in [6.45, 7) is 0.0255. The molecule has 0 atom stereocenters. The molecule has 2 aromatic rings. The highest BCUT2D eigenvalue weighted by molar-refractivity contribution is 9.10. The Morgan fingerprint density at radius 1 is 1.24 bits per heavy atom. The molecule has 0 radical (unpaired) electrons. The summed E-state index contributed by atoms with van der Waals surface area (Å²) in [5, 5.41) is 10.8. The number of nitrogens with zero attached hydrogens (tertiary/aromatic N) is 1. The van der Waals surface area contributed by atoms with E-state index in [1.165, 1.54) is 18.2 Å². The van der Waals surface area contributed by atoms with Crippen LogP contribution in [0.4, 0.5) is 10.1 Å². The predicted molar refractivity (Wildman–Crippen MR) is 81.5 cm³/mol. The van der Waals surface area contributed by atoms with Gasteiger partial charge in [-0.1, -0.05) is 29.3 Å². The van der Waals surface area contributed by atoms with Crippen LogP contribution in [-0.4, -0.2) is 4.92 Å². The minimum atomic E-state index is -0.614. The second-order valence-electron chi connectivity index (χ2n) is 4.03. The zero-order chi connectivity index (χ0) is 15.6. The number of ether oxygens (including phenoxy) is 1. The van der Waals surface area contributed by atoms with Gasteiger partial charge in [0.25, 0.3) is 5.69 Å². The first-order chi connectivity index (χ1) is 9.88. The molecule has 0 aromatic heterocycles. The standard InChI is InChI=1S/C13H7BrCl2FNO3/c14-8-4-10(16)11(17)5-13(8)21-6-7-1-2-9(15)12(3-7)18(19)20/h1-5H,6H2. The lowest BCUT2D eigenvalue weighted by Gasteiger charge is -2.09. The van der Waals surface area contributed by atoms with Gasteiger partial charge in [-0.3, -0.25) is 10.1 Å². The van der Waals surface area contributed by atoms with Crippen LogP contribution in [0.2, 0.25) is 10.0 Å². The first-order valence-electron chi connectivity index (χ1n) is 5.58. The van der Waals surface area contributed by atoms with Crippen LogP contribution in [0.3, 0.4) is 0 Å². The van der Waals surface area contributed by atoms with Crippen LogP contribution in [0, 0.1) is 15.9 Å². The summed E-state index contributed by atoms with van der Waals surface area (Å²) >= 11 is 14.5. The van der Waals surface area contributed by atoms with Gasteiger partial charge in [0.05, 0.1) is 14.4 Å². The molecule has 0 spiro atoms. The number of halogens is 4. The molecule has 0 saturated heterocycles.